The van der Waals surface area contributed by atoms with E-state index in [2.05, 4.69) is 37.4 Å². The number of aromatic nitrogens is 2. The third-order valence-corrected chi connectivity index (χ3v) is 6.34. The van der Waals surface area contributed by atoms with Gasteiger partial charge in [-0.05, 0) is 35.4 Å². The summed E-state index contributed by atoms with van der Waals surface area (Å²) >= 11 is 2.33. The van der Waals surface area contributed by atoms with Gasteiger partial charge in [-0.1, -0.05) is 12.8 Å². The molecule has 0 spiro atoms. The summed E-state index contributed by atoms with van der Waals surface area (Å²) < 4.78 is 1.08. The highest BCUT2D eigenvalue weighted by atomic mass is 127. The maximum atomic E-state index is 6.20. The van der Waals surface area contributed by atoms with Gasteiger partial charge in [-0.25, -0.2) is 9.97 Å². The number of hydrogen-bond donors (Lipinski definition) is 1. The lowest BCUT2D eigenvalue weighted by Crippen LogP contribution is -2.57. The van der Waals surface area contributed by atoms with E-state index in [0.29, 0.717) is 17.8 Å². The minimum atomic E-state index is 0.340. The van der Waals surface area contributed by atoms with Gasteiger partial charge in [-0.3, -0.25) is 9.80 Å². The van der Waals surface area contributed by atoms with Gasteiger partial charge in [0.25, 0.3) is 0 Å². The van der Waals surface area contributed by atoms with Crippen LogP contribution in [-0.4, -0.2) is 52.5 Å². The summed E-state index contributed by atoms with van der Waals surface area (Å²) in [5.74, 6) is 2.23. The van der Waals surface area contributed by atoms with E-state index in [0.717, 1.165) is 29.0 Å². The molecular formula is C15H22IN5. The molecule has 6 heteroatoms. The average Bonchev–Trinajstić information content (AvgIpc) is 3.05. The van der Waals surface area contributed by atoms with E-state index in [-0.39, 0.29) is 0 Å². The summed E-state index contributed by atoms with van der Waals surface area (Å²) in [7, 11) is 0. The summed E-state index contributed by atoms with van der Waals surface area (Å²) in [6, 6.07) is 0.340. The first-order valence-corrected chi connectivity index (χ1v) is 9.09. The van der Waals surface area contributed by atoms with Crippen molar-refractivity contribution in [1.82, 2.24) is 19.8 Å². The molecule has 2 N–H and O–H groups in total. The van der Waals surface area contributed by atoms with Crippen molar-refractivity contribution in [3.05, 3.63) is 15.1 Å². The number of nitrogens with two attached hydrogens (primary N) is 1. The minimum absolute atomic E-state index is 0.340. The molecular weight excluding hydrogens is 377 g/mol. The predicted octanol–water partition coefficient (Wildman–Crippen LogP) is 1.99. The van der Waals surface area contributed by atoms with Crippen molar-refractivity contribution in [2.45, 2.75) is 37.6 Å². The van der Waals surface area contributed by atoms with Crippen LogP contribution >= 0.6 is 22.6 Å². The van der Waals surface area contributed by atoms with E-state index in [1.54, 1.807) is 0 Å². The summed E-state index contributed by atoms with van der Waals surface area (Å²) in [6.07, 6.45) is 5.16. The smallest absolute Gasteiger partial charge is 0.149 e. The van der Waals surface area contributed by atoms with Crippen LogP contribution < -0.4 is 5.73 Å². The molecule has 114 valence electrons. The molecule has 4 heterocycles. The maximum Gasteiger partial charge on any atom is 0.149 e. The average molecular weight is 399 g/mol. The molecule has 5 nitrogen and oxygen atoms in total. The van der Waals surface area contributed by atoms with Gasteiger partial charge in [0.2, 0.25) is 0 Å². The standard InChI is InChI=1S/C15H22IN5/c16-12-13(10-3-1-2-4-10)18-15(19-14(12)17)11-9-20-5-7-21(11)8-6-20/h10-11H,1-9H2,(H2,17,18,19). The van der Waals surface area contributed by atoms with Crippen LogP contribution in [0.1, 0.15) is 49.2 Å². The van der Waals surface area contributed by atoms with Crippen molar-refractivity contribution in [1.29, 1.82) is 0 Å². The molecule has 1 aliphatic carbocycles. The number of piperazine rings is 3. The second-order valence-electron chi connectivity index (χ2n) is 6.50. The molecule has 1 aromatic heterocycles. The molecule has 1 aromatic rings. The molecule has 2 bridgehead atoms. The van der Waals surface area contributed by atoms with Crippen molar-refractivity contribution in [3.63, 3.8) is 0 Å². The van der Waals surface area contributed by atoms with E-state index in [4.69, 9.17) is 10.7 Å². The SMILES string of the molecule is Nc1nc(C2CN3CCN2CC3)nc(C2CCCC2)c1I. The Labute approximate surface area is 139 Å². The predicted molar refractivity (Wildman–Crippen MR) is 91.1 cm³/mol. The van der Waals surface area contributed by atoms with Gasteiger partial charge < -0.3 is 5.73 Å². The zero-order chi connectivity index (χ0) is 14.4. The number of halogens is 1. The fourth-order valence-corrected chi connectivity index (χ4v) is 4.66. The Morgan fingerprint density at radius 2 is 1.76 bits per heavy atom. The summed E-state index contributed by atoms with van der Waals surface area (Å²) in [4.78, 5) is 14.7. The van der Waals surface area contributed by atoms with E-state index >= 15 is 0 Å². The molecule has 1 saturated carbocycles. The summed E-state index contributed by atoms with van der Waals surface area (Å²) in [6.45, 7) is 5.71. The molecule has 5 rings (SSSR count). The summed E-state index contributed by atoms with van der Waals surface area (Å²) in [5, 5.41) is 0. The monoisotopic (exact) mass is 399 g/mol. The number of anilines is 1. The molecule has 0 aromatic carbocycles. The van der Waals surface area contributed by atoms with E-state index in [9.17, 15) is 0 Å². The van der Waals surface area contributed by atoms with Crippen LogP contribution in [0.4, 0.5) is 5.82 Å². The largest absolute Gasteiger partial charge is 0.383 e. The van der Waals surface area contributed by atoms with Crippen molar-refractivity contribution in [2.75, 3.05) is 38.5 Å². The van der Waals surface area contributed by atoms with Crippen molar-refractivity contribution < 1.29 is 0 Å². The fourth-order valence-electron chi connectivity index (χ4n) is 3.98. The lowest BCUT2D eigenvalue weighted by Gasteiger charge is -2.46. The van der Waals surface area contributed by atoms with Crippen molar-refractivity contribution in [2.24, 2.45) is 0 Å². The molecule has 4 fully saturated rings. The number of hydrogen-bond acceptors (Lipinski definition) is 5. The van der Waals surface area contributed by atoms with Gasteiger partial charge in [0.05, 0.1) is 15.3 Å². The van der Waals surface area contributed by atoms with Gasteiger partial charge >= 0.3 is 0 Å². The Kier molecular flexibility index (Phi) is 3.79. The first-order chi connectivity index (χ1) is 10.2. The zero-order valence-electron chi connectivity index (χ0n) is 12.3. The van der Waals surface area contributed by atoms with Crippen LogP contribution in [0, 0.1) is 3.57 Å². The molecule has 1 unspecified atom stereocenters. The van der Waals surface area contributed by atoms with E-state index in [1.165, 1.54) is 44.5 Å². The van der Waals surface area contributed by atoms with Gasteiger partial charge in [0.15, 0.2) is 0 Å². The number of nitrogen functional groups attached to an aromatic ring is 1. The molecule has 0 radical (unpaired) electrons. The first kappa shape index (κ1) is 14.1. The lowest BCUT2D eigenvalue weighted by atomic mass is 10.0. The highest BCUT2D eigenvalue weighted by Crippen LogP contribution is 2.37. The van der Waals surface area contributed by atoms with E-state index < -0.39 is 0 Å². The van der Waals surface area contributed by atoms with Gasteiger partial charge in [-0.15, -0.1) is 0 Å². The first-order valence-electron chi connectivity index (χ1n) is 8.01. The van der Waals surface area contributed by atoms with Crippen LogP contribution in [0.5, 0.6) is 0 Å². The van der Waals surface area contributed by atoms with Crippen LogP contribution in [0.3, 0.4) is 0 Å². The topological polar surface area (TPSA) is 58.3 Å². The number of rotatable bonds is 2. The van der Waals surface area contributed by atoms with Crippen LogP contribution in [0.2, 0.25) is 0 Å². The quantitative estimate of drug-likeness (QED) is 0.771. The molecule has 3 saturated heterocycles. The normalized spacial score (nSPS) is 32.7. The molecule has 4 aliphatic rings. The Hall–Kier alpha value is -0.470. The van der Waals surface area contributed by atoms with Crippen molar-refractivity contribution in [3.8, 4) is 0 Å². The number of nitrogens with zero attached hydrogens (tertiary/aromatic N) is 4. The molecule has 3 aliphatic heterocycles. The zero-order valence-corrected chi connectivity index (χ0v) is 14.4. The van der Waals surface area contributed by atoms with Gasteiger partial charge in [0, 0.05) is 38.6 Å². The molecule has 1 atom stereocenters. The lowest BCUT2D eigenvalue weighted by molar-refractivity contribution is 0.00858. The Morgan fingerprint density at radius 3 is 2.38 bits per heavy atom. The third-order valence-electron chi connectivity index (χ3n) is 5.24. The van der Waals surface area contributed by atoms with Gasteiger partial charge in [-0.2, -0.15) is 0 Å². The molecule has 0 amide bonds. The third kappa shape index (κ3) is 2.55. The Morgan fingerprint density at radius 1 is 1.05 bits per heavy atom. The maximum absolute atomic E-state index is 6.20. The number of fused-ring (bicyclic) bond motifs is 3. The minimum Gasteiger partial charge on any atom is -0.383 e. The van der Waals surface area contributed by atoms with Gasteiger partial charge in [0.1, 0.15) is 11.6 Å². The van der Waals surface area contributed by atoms with Crippen LogP contribution in [0.25, 0.3) is 0 Å². The second-order valence-corrected chi connectivity index (χ2v) is 7.58. The highest BCUT2D eigenvalue weighted by Gasteiger charge is 2.35. The van der Waals surface area contributed by atoms with Crippen molar-refractivity contribution >= 4 is 28.4 Å². The Balaban J connectivity index is 1.69. The van der Waals surface area contributed by atoms with Crippen LogP contribution in [0.15, 0.2) is 0 Å². The highest BCUT2D eigenvalue weighted by molar-refractivity contribution is 14.1. The molecule has 21 heavy (non-hydrogen) atoms. The Bertz CT molecular complexity index is 535. The van der Waals surface area contributed by atoms with Crippen LogP contribution in [-0.2, 0) is 0 Å². The fraction of sp³-hybridized carbons (Fsp3) is 0.733. The summed E-state index contributed by atoms with van der Waals surface area (Å²) in [5.41, 5.74) is 7.42. The van der Waals surface area contributed by atoms with E-state index in [1.807, 2.05) is 0 Å². The second kappa shape index (κ2) is 5.62.